The number of amides is 1. The summed E-state index contributed by atoms with van der Waals surface area (Å²) in [5.41, 5.74) is 0.934. The third-order valence-corrected chi connectivity index (χ3v) is 5.08. The molecule has 1 aliphatic heterocycles. The van der Waals surface area contributed by atoms with Crippen LogP contribution in [0.5, 0.6) is 11.5 Å². The Morgan fingerprint density at radius 2 is 1.72 bits per heavy atom. The van der Waals surface area contributed by atoms with Gasteiger partial charge in [0.15, 0.2) is 0 Å². The van der Waals surface area contributed by atoms with Crippen molar-refractivity contribution in [3.8, 4) is 11.5 Å². The molecule has 0 radical (unpaired) electrons. The average molecular weight is 443 g/mol. The first-order valence-corrected chi connectivity index (χ1v) is 9.85. The predicted octanol–water partition coefficient (Wildman–Crippen LogP) is 5.63. The molecule has 166 valence electrons. The van der Waals surface area contributed by atoms with Crippen LogP contribution in [0.15, 0.2) is 66.9 Å². The van der Waals surface area contributed by atoms with Crippen LogP contribution in [-0.4, -0.2) is 35.7 Å². The molecule has 0 spiro atoms. The van der Waals surface area contributed by atoms with Gasteiger partial charge in [-0.1, -0.05) is 12.1 Å². The molecule has 6 nitrogen and oxygen atoms in total. The number of anilines is 2. The van der Waals surface area contributed by atoms with Crippen LogP contribution in [0.1, 0.15) is 11.1 Å². The fourth-order valence-electron chi connectivity index (χ4n) is 3.22. The van der Waals surface area contributed by atoms with Crippen molar-refractivity contribution in [3.05, 3.63) is 78.0 Å². The standard InChI is InChI=1S/C23H20F3N3O3/c1-29-18(14-31-22(29)30)12-15-2-7-19(8-3-15)32-20-9-5-17(6-10-20)28-21-11-4-16(13-27-21)23(24,25)26/h2-11,13,18H,12,14H2,1H3,(H,27,28)/t18-/m0/s1. The first-order chi connectivity index (χ1) is 15.3. The number of alkyl halides is 3. The second-order valence-corrected chi connectivity index (χ2v) is 7.37. The number of benzene rings is 2. The van der Waals surface area contributed by atoms with Crippen LogP contribution in [-0.2, 0) is 17.3 Å². The lowest BCUT2D eigenvalue weighted by Gasteiger charge is -2.16. The lowest BCUT2D eigenvalue weighted by molar-refractivity contribution is -0.137. The van der Waals surface area contributed by atoms with Crippen LogP contribution in [0.4, 0.5) is 29.5 Å². The van der Waals surface area contributed by atoms with Gasteiger partial charge < -0.3 is 19.7 Å². The van der Waals surface area contributed by atoms with Gasteiger partial charge in [-0.25, -0.2) is 9.78 Å². The number of carbonyl (C=O) groups is 1. The van der Waals surface area contributed by atoms with E-state index in [4.69, 9.17) is 9.47 Å². The summed E-state index contributed by atoms with van der Waals surface area (Å²) in [6.45, 7) is 0.385. The molecule has 1 aromatic heterocycles. The summed E-state index contributed by atoms with van der Waals surface area (Å²) in [4.78, 5) is 16.8. The minimum absolute atomic E-state index is 0.0217. The van der Waals surface area contributed by atoms with Crippen molar-refractivity contribution >= 4 is 17.6 Å². The second kappa shape index (κ2) is 8.78. The number of halogens is 3. The Morgan fingerprint density at radius 1 is 1.06 bits per heavy atom. The molecule has 0 saturated carbocycles. The van der Waals surface area contributed by atoms with E-state index >= 15 is 0 Å². The van der Waals surface area contributed by atoms with E-state index in [0.29, 0.717) is 36.0 Å². The van der Waals surface area contributed by atoms with Gasteiger partial charge in [0.25, 0.3) is 0 Å². The third kappa shape index (κ3) is 5.11. The van der Waals surface area contributed by atoms with E-state index in [1.807, 2.05) is 24.3 Å². The normalized spacial score (nSPS) is 16.1. The van der Waals surface area contributed by atoms with Gasteiger partial charge in [-0.3, -0.25) is 0 Å². The largest absolute Gasteiger partial charge is 0.457 e. The van der Waals surface area contributed by atoms with Crippen molar-refractivity contribution < 1.29 is 27.4 Å². The smallest absolute Gasteiger partial charge is 0.417 e. The molecule has 1 aliphatic rings. The summed E-state index contributed by atoms with van der Waals surface area (Å²) in [7, 11) is 1.73. The van der Waals surface area contributed by atoms with Crippen molar-refractivity contribution in [2.24, 2.45) is 0 Å². The average Bonchev–Trinajstić information content (AvgIpc) is 3.08. The number of carbonyl (C=O) groups excluding carboxylic acids is 1. The Bertz CT molecular complexity index is 1070. The quantitative estimate of drug-likeness (QED) is 0.535. The molecule has 2 heterocycles. The zero-order chi connectivity index (χ0) is 22.7. The molecule has 0 aliphatic carbocycles. The second-order valence-electron chi connectivity index (χ2n) is 7.37. The zero-order valence-corrected chi connectivity index (χ0v) is 17.1. The summed E-state index contributed by atoms with van der Waals surface area (Å²) >= 11 is 0. The van der Waals surface area contributed by atoms with Gasteiger partial charge in [-0.15, -0.1) is 0 Å². The highest BCUT2D eigenvalue weighted by molar-refractivity contribution is 5.69. The van der Waals surface area contributed by atoms with E-state index < -0.39 is 11.7 Å². The van der Waals surface area contributed by atoms with Crippen LogP contribution in [0.25, 0.3) is 0 Å². The minimum Gasteiger partial charge on any atom is -0.457 e. The van der Waals surface area contributed by atoms with Gasteiger partial charge in [0.2, 0.25) is 0 Å². The van der Waals surface area contributed by atoms with Crippen molar-refractivity contribution in [2.75, 3.05) is 19.0 Å². The van der Waals surface area contributed by atoms with Gasteiger partial charge in [-0.05, 0) is 60.5 Å². The number of aromatic nitrogens is 1. The highest BCUT2D eigenvalue weighted by Crippen LogP contribution is 2.30. The summed E-state index contributed by atoms with van der Waals surface area (Å²) < 4.78 is 48.7. The summed E-state index contributed by atoms with van der Waals surface area (Å²) in [5.74, 6) is 1.58. The Kier molecular flexibility index (Phi) is 5.89. The van der Waals surface area contributed by atoms with Crippen molar-refractivity contribution in [1.82, 2.24) is 9.88 Å². The maximum absolute atomic E-state index is 12.6. The molecular formula is C23H20F3N3O3. The number of cyclic esters (lactones) is 1. The maximum atomic E-state index is 12.6. The highest BCUT2D eigenvalue weighted by atomic mass is 19.4. The fourth-order valence-corrected chi connectivity index (χ4v) is 3.22. The number of rotatable bonds is 6. The van der Waals surface area contributed by atoms with Crippen molar-refractivity contribution in [2.45, 2.75) is 18.6 Å². The number of hydrogen-bond donors (Lipinski definition) is 1. The van der Waals surface area contributed by atoms with Gasteiger partial charge >= 0.3 is 12.3 Å². The first-order valence-electron chi connectivity index (χ1n) is 9.85. The number of ether oxygens (including phenoxy) is 2. The molecule has 9 heteroatoms. The van der Waals surface area contributed by atoms with Gasteiger partial charge in [0, 0.05) is 18.9 Å². The molecule has 1 N–H and O–H groups in total. The molecule has 1 amide bonds. The van der Waals surface area contributed by atoms with Crippen LogP contribution in [0, 0.1) is 0 Å². The number of nitrogens with zero attached hydrogens (tertiary/aromatic N) is 2. The van der Waals surface area contributed by atoms with E-state index in [1.54, 1.807) is 36.2 Å². The summed E-state index contributed by atoms with van der Waals surface area (Å²) in [6.07, 6.45) is -3.23. The zero-order valence-electron chi connectivity index (χ0n) is 17.1. The molecule has 32 heavy (non-hydrogen) atoms. The van der Waals surface area contributed by atoms with E-state index in [0.717, 1.165) is 17.8 Å². The Labute approximate surface area is 182 Å². The SMILES string of the molecule is CN1C(=O)OC[C@@H]1Cc1ccc(Oc2ccc(Nc3ccc(C(F)(F)F)cn3)cc2)cc1. The predicted molar refractivity (Wildman–Crippen MR) is 112 cm³/mol. The van der Waals surface area contributed by atoms with E-state index in [9.17, 15) is 18.0 Å². The van der Waals surface area contributed by atoms with Crippen molar-refractivity contribution in [1.29, 1.82) is 0 Å². The van der Waals surface area contributed by atoms with Crippen molar-refractivity contribution in [3.63, 3.8) is 0 Å². The first kappa shape index (κ1) is 21.5. The molecule has 2 aromatic carbocycles. The number of nitrogens with one attached hydrogen (secondary N) is 1. The topological polar surface area (TPSA) is 63.7 Å². The molecule has 0 bridgehead atoms. The maximum Gasteiger partial charge on any atom is 0.417 e. The van der Waals surface area contributed by atoms with Crippen LogP contribution in [0.3, 0.4) is 0 Å². The number of pyridine rings is 1. The Balaban J connectivity index is 1.33. The van der Waals surface area contributed by atoms with E-state index in [-0.39, 0.29) is 12.1 Å². The number of hydrogen-bond acceptors (Lipinski definition) is 5. The van der Waals surface area contributed by atoms with Gasteiger partial charge in [0.05, 0.1) is 11.6 Å². The molecule has 0 unspecified atom stereocenters. The minimum atomic E-state index is -4.41. The monoisotopic (exact) mass is 443 g/mol. The van der Waals surface area contributed by atoms with Crippen LogP contribution < -0.4 is 10.1 Å². The summed E-state index contributed by atoms with van der Waals surface area (Å²) in [6, 6.07) is 16.9. The third-order valence-electron chi connectivity index (χ3n) is 5.08. The van der Waals surface area contributed by atoms with Crippen LogP contribution >= 0.6 is 0 Å². The molecule has 4 rings (SSSR count). The lowest BCUT2D eigenvalue weighted by Crippen LogP contribution is -2.30. The number of likely N-dealkylation sites (N-methyl/N-ethyl adjacent to an activating group) is 1. The molecular weight excluding hydrogens is 423 g/mol. The van der Waals surface area contributed by atoms with Gasteiger partial charge in [-0.2, -0.15) is 13.2 Å². The molecule has 1 saturated heterocycles. The van der Waals surface area contributed by atoms with E-state index in [2.05, 4.69) is 10.3 Å². The highest BCUT2D eigenvalue weighted by Gasteiger charge is 2.31. The van der Waals surface area contributed by atoms with Crippen LogP contribution in [0.2, 0.25) is 0 Å². The van der Waals surface area contributed by atoms with Gasteiger partial charge in [0.1, 0.15) is 23.9 Å². The molecule has 1 fully saturated rings. The van der Waals surface area contributed by atoms with E-state index in [1.165, 1.54) is 6.07 Å². The Hall–Kier alpha value is -3.75. The fraction of sp³-hybridized carbons (Fsp3) is 0.217. The summed E-state index contributed by atoms with van der Waals surface area (Å²) in [5, 5.41) is 2.95. The Morgan fingerprint density at radius 3 is 2.25 bits per heavy atom. The lowest BCUT2D eigenvalue weighted by atomic mass is 10.1. The molecule has 3 aromatic rings. The molecule has 1 atom stereocenters.